The van der Waals surface area contributed by atoms with Crippen molar-refractivity contribution in [2.24, 2.45) is 0 Å². The van der Waals surface area contributed by atoms with Crippen LogP contribution < -0.4 is 10.2 Å². The van der Waals surface area contributed by atoms with Crippen molar-refractivity contribution in [3.63, 3.8) is 0 Å². The van der Waals surface area contributed by atoms with Gasteiger partial charge < -0.3 is 15.1 Å². The molecule has 7 heteroatoms. The minimum Gasteiger partial charge on any atom is -0.349 e. The molecule has 7 nitrogen and oxygen atoms in total. The summed E-state index contributed by atoms with van der Waals surface area (Å²) in [5.41, 5.74) is 1.62. The second-order valence-electron chi connectivity index (χ2n) is 6.85. The lowest BCUT2D eigenvalue weighted by molar-refractivity contribution is 0.0941. The Morgan fingerprint density at radius 3 is 2.46 bits per heavy atom. The molecule has 3 rings (SSSR count). The molecule has 3 aromatic rings. The smallest absolute Gasteiger partial charge is 0.287 e. The molecule has 0 aliphatic carbocycles. The van der Waals surface area contributed by atoms with E-state index in [2.05, 4.69) is 15.2 Å². The number of carbonyl (C=O) groups is 2. The normalized spacial score (nSPS) is 11.0. The van der Waals surface area contributed by atoms with E-state index in [4.69, 9.17) is 0 Å². The number of imidazole rings is 1. The van der Waals surface area contributed by atoms with Crippen molar-refractivity contribution >= 4 is 23.0 Å². The number of pyridine rings is 1. The number of amides is 2. The number of hydrogen-bond donors (Lipinski definition) is 1. The van der Waals surface area contributed by atoms with Crippen molar-refractivity contribution in [1.82, 2.24) is 19.6 Å². The SMILES string of the molecule is CN(C)CCCNC(=O)c1nc(C(=O)N(C)c2ccccc2)c2ccccn12. The van der Waals surface area contributed by atoms with Gasteiger partial charge >= 0.3 is 0 Å². The van der Waals surface area contributed by atoms with Crippen LogP contribution in [0.25, 0.3) is 5.52 Å². The van der Waals surface area contributed by atoms with E-state index >= 15 is 0 Å². The number of hydrogen-bond acceptors (Lipinski definition) is 4. The summed E-state index contributed by atoms with van der Waals surface area (Å²) in [5.74, 6) is -0.340. The van der Waals surface area contributed by atoms with Gasteiger partial charge in [0, 0.05) is 25.5 Å². The molecule has 1 N–H and O–H groups in total. The van der Waals surface area contributed by atoms with Gasteiger partial charge in [0.05, 0.1) is 5.52 Å². The zero-order valence-corrected chi connectivity index (χ0v) is 16.4. The topological polar surface area (TPSA) is 70.0 Å². The molecule has 0 saturated heterocycles. The third kappa shape index (κ3) is 4.20. The summed E-state index contributed by atoms with van der Waals surface area (Å²) in [4.78, 5) is 33.7. The summed E-state index contributed by atoms with van der Waals surface area (Å²) in [5, 5.41) is 2.89. The van der Waals surface area contributed by atoms with Crippen molar-refractivity contribution in [3.05, 3.63) is 66.2 Å². The van der Waals surface area contributed by atoms with Crippen molar-refractivity contribution in [3.8, 4) is 0 Å². The van der Waals surface area contributed by atoms with Crippen LogP contribution >= 0.6 is 0 Å². The highest BCUT2D eigenvalue weighted by Crippen LogP contribution is 2.19. The summed E-state index contributed by atoms with van der Waals surface area (Å²) in [6, 6.07) is 14.8. The number of aromatic nitrogens is 2. The maximum absolute atomic E-state index is 13.0. The number of carbonyl (C=O) groups excluding carboxylic acids is 2. The first kappa shape index (κ1) is 19.6. The summed E-state index contributed by atoms with van der Waals surface area (Å²) in [6.45, 7) is 1.43. The number of rotatable bonds is 7. The Bertz CT molecular complexity index is 965. The monoisotopic (exact) mass is 379 g/mol. The fourth-order valence-electron chi connectivity index (χ4n) is 2.96. The Kier molecular flexibility index (Phi) is 6.06. The number of fused-ring (bicyclic) bond motifs is 1. The fourth-order valence-corrected chi connectivity index (χ4v) is 2.96. The summed E-state index contributed by atoms with van der Waals surface area (Å²) in [6.07, 6.45) is 2.58. The van der Waals surface area contributed by atoms with Crippen LogP contribution in [-0.4, -0.2) is 60.3 Å². The van der Waals surface area contributed by atoms with Crippen LogP contribution in [-0.2, 0) is 0 Å². The second-order valence-corrected chi connectivity index (χ2v) is 6.85. The highest BCUT2D eigenvalue weighted by molar-refractivity contribution is 6.10. The van der Waals surface area contributed by atoms with E-state index in [9.17, 15) is 9.59 Å². The summed E-state index contributed by atoms with van der Waals surface area (Å²) in [7, 11) is 5.68. The molecule has 2 amide bonds. The molecule has 0 spiro atoms. The van der Waals surface area contributed by atoms with Gasteiger partial charge in [-0.05, 0) is 51.3 Å². The van der Waals surface area contributed by atoms with E-state index in [0.29, 0.717) is 12.1 Å². The first-order valence-corrected chi connectivity index (χ1v) is 9.22. The van der Waals surface area contributed by atoms with Gasteiger partial charge in [-0.15, -0.1) is 0 Å². The molecule has 0 radical (unpaired) electrons. The van der Waals surface area contributed by atoms with Crippen LogP contribution in [0, 0.1) is 0 Å². The molecule has 0 fully saturated rings. The van der Waals surface area contributed by atoms with Crippen LogP contribution in [0.2, 0.25) is 0 Å². The molecule has 28 heavy (non-hydrogen) atoms. The Balaban J connectivity index is 1.86. The highest BCUT2D eigenvalue weighted by Gasteiger charge is 2.24. The lowest BCUT2D eigenvalue weighted by Gasteiger charge is -2.16. The van der Waals surface area contributed by atoms with Gasteiger partial charge in [0.2, 0.25) is 5.82 Å². The van der Waals surface area contributed by atoms with Gasteiger partial charge in [-0.1, -0.05) is 24.3 Å². The summed E-state index contributed by atoms with van der Waals surface area (Å²) >= 11 is 0. The summed E-state index contributed by atoms with van der Waals surface area (Å²) < 4.78 is 1.66. The zero-order chi connectivity index (χ0) is 20.1. The van der Waals surface area contributed by atoms with Crippen molar-refractivity contribution in [1.29, 1.82) is 0 Å². The van der Waals surface area contributed by atoms with Gasteiger partial charge in [0.15, 0.2) is 5.69 Å². The molecule has 0 aliphatic rings. The van der Waals surface area contributed by atoms with Crippen molar-refractivity contribution < 1.29 is 9.59 Å². The number of para-hydroxylation sites is 1. The van der Waals surface area contributed by atoms with Crippen LogP contribution in [0.15, 0.2) is 54.7 Å². The van der Waals surface area contributed by atoms with E-state index in [1.165, 1.54) is 4.90 Å². The Morgan fingerprint density at radius 2 is 1.75 bits per heavy atom. The van der Waals surface area contributed by atoms with Crippen LogP contribution in [0.1, 0.15) is 27.5 Å². The number of nitrogens with one attached hydrogen (secondary N) is 1. The standard InChI is InChI=1S/C21H25N5O2/c1-24(2)14-9-13-22-20(27)19-23-18(17-12-7-8-15-26(17)19)21(28)25(3)16-10-5-4-6-11-16/h4-8,10-12,15H,9,13-14H2,1-3H3,(H,22,27). The van der Waals surface area contributed by atoms with Gasteiger partial charge in [-0.2, -0.15) is 0 Å². The highest BCUT2D eigenvalue weighted by atomic mass is 16.2. The van der Waals surface area contributed by atoms with Gasteiger partial charge in [0.25, 0.3) is 11.8 Å². The van der Waals surface area contributed by atoms with Crippen LogP contribution in [0.5, 0.6) is 0 Å². The third-order valence-electron chi connectivity index (χ3n) is 4.47. The molecule has 0 aliphatic heterocycles. The quantitative estimate of drug-likeness (QED) is 0.640. The van der Waals surface area contributed by atoms with Crippen LogP contribution in [0.3, 0.4) is 0 Å². The second kappa shape index (κ2) is 8.67. The first-order valence-electron chi connectivity index (χ1n) is 9.22. The maximum Gasteiger partial charge on any atom is 0.287 e. The Hall–Kier alpha value is -3.19. The fraction of sp³-hybridized carbons (Fsp3) is 0.286. The van der Waals surface area contributed by atoms with Crippen LogP contribution in [0.4, 0.5) is 5.69 Å². The first-order chi connectivity index (χ1) is 13.5. The molecule has 0 atom stereocenters. The lowest BCUT2D eigenvalue weighted by atomic mass is 10.2. The predicted octanol–water partition coefficient (Wildman–Crippen LogP) is 2.29. The number of nitrogens with zero attached hydrogens (tertiary/aromatic N) is 4. The largest absolute Gasteiger partial charge is 0.349 e. The van der Waals surface area contributed by atoms with E-state index < -0.39 is 0 Å². The molecule has 2 heterocycles. The predicted molar refractivity (Wildman–Crippen MR) is 110 cm³/mol. The molecule has 146 valence electrons. The maximum atomic E-state index is 13.0. The molecular weight excluding hydrogens is 354 g/mol. The molecule has 0 bridgehead atoms. The average Bonchev–Trinajstić information content (AvgIpc) is 3.10. The lowest BCUT2D eigenvalue weighted by Crippen LogP contribution is -2.29. The van der Waals surface area contributed by atoms with Gasteiger partial charge in [-0.25, -0.2) is 4.98 Å². The van der Waals surface area contributed by atoms with Gasteiger partial charge in [-0.3, -0.25) is 14.0 Å². The Labute approximate surface area is 164 Å². The zero-order valence-electron chi connectivity index (χ0n) is 16.4. The molecule has 0 unspecified atom stereocenters. The third-order valence-corrected chi connectivity index (χ3v) is 4.47. The molecular formula is C21H25N5O2. The van der Waals surface area contributed by atoms with Crippen molar-refractivity contribution in [2.75, 3.05) is 39.1 Å². The van der Waals surface area contributed by atoms with Gasteiger partial charge in [0.1, 0.15) is 0 Å². The molecule has 2 aromatic heterocycles. The Morgan fingerprint density at radius 1 is 1.04 bits per heavy atom. The molecule has 0 saturated carbocycles. The van der Waals surface area contributed by atoms with E-state index in [1.54, 1.807) is 23.7 Å². The minimum absolute atomic E-state index is 0.213. The minimum atomic E-state index is -0.290. The average molecular weight is 379 g/mol. The molecule has 1 aromatic carbocycles. The number of anilines is 1. The van der Waals surface area contributed by atoms with Crippen molar-refractivity contribution in [2.45, 2.75) is 6.42 Å². The van der Waals surface area contributed by atoms with E-state index in [-0.39, 0.29) is 23.3 Å². The number of benzene rings is 1. The van der Waals surface area contributed by atoms with E-state index in [1.807, 2.05) is 56.6 Å². The van der Waals surface area contributed by atoms with E-state index in [0.717, 1.165) is 18.7 Å².